The summed E-state index contributed by atoms with van der Waals surface area (Å²) in [7, 11) is 3.62. The van der Waals surface area contributed by atoms with Crippen LogP contribution in [0.1, 0.15) is 10.4 Å². The van der Waals surface area contributed by atoms with Crippen molar-refractivity contribution >= 4 is 55.5 Å². The highest BCUT2D eigenvalue weighted by Crippen LogP contribution is 2.38. The van der Waals surface area contributed by atoms with Crippen LogP contribution in [0.5, 0.6) is 0 Å². The summed E-state index contributed by atoms with van der Waals surface area (Å²) in [6, 6.07) is 3.22. The first-order valence-electron chi connectivity index (χ1n) is 7.18. The third-order valence-corrected chi connectivity index (χ3v) is 4.60. The average molecular weight is 493 g/mol. The van der Waals surface area contributed by atoms with Crippen LogP contribution in [0.25, 0.3) is 0 Å². The molecule has 1 aliphatic rings. The molecule has 0 bridgehead atoms. The minimum atomic E-state index is -0.765. The number of anilines is 1. The van der Waals surface area contributed by atoms with E-state index in [0.717, 1.165) is 0 Å². The van der Waals surface area contributed by atoms with Crippen LogP contribution in [-0.4, -0.2) is 52.6 Å². The normalized spacial score (nSPS) is 14.1. The molecule has 0 aliphatic carbocycles. The van der Waals surface area contributed by atoms with E-state index in [9.17, 15) is 14.4 Å². The van der Waals surface area contributed by atoms with Crippen molar-refractivity contribution < 1.29 is 33.3 Å². The lowest BCUT2D eigenvalue weighted by atomic mass is 10.1. The molecule has 0 spiro atoms. The Bertz CT molecular complexity index is 791. The first-order valence-corrected chi connectivity index (χ1v) is 8.76. The SMILES string of the molecule is COC(=O)C1=C(C(=O)OC)N(c2c(Br)cc(Br)cc2C(=O)OC)COC1. The lowest BCUT2D eigenvalue weighted by molar-refractivity contribution is -0.140. The molecule has 2 rings (SSSR count). The highest BCUT2D eigenvalue weighted by atomic mass is 79.9. The summed E-state index contributed by atoms with van der Waals surface area (Å²) in [6.07, 6.45) is 0. The molecule has 1 aromatic rings. The lowest BCUT2D eigenvalue weighted by Gasteiger charge is -2.33. The van der Waals surface area contributed by atoms with Gasteiger partial charge in [0.25, 0.3) is 0 Å². The predicted molar refractivity (Wildman–Crippen MR) is 97.5 cm³/mol. The molecule has 0 fully saturated rings. The Kier molecular flexibility index (Phi) is 6.79. The molecule has 0 N–H and O–H groups in total. The van der Waals surface area contributed by atoms with Crippen LogP contribution in [0.4, 0.5) is 5.69 Å². The summed E-state index contributed by atoms with van der Waals surface area (Å²) < 4.78 is 20.9. The van der Waals surface area contributed by atoms with E-state index in [1.54, 1.807) is 6.07 Å². The van der Waals surface area contributed by atoms with Gasteiger partial charge in [-0.25, -0.2) is 14.4 Å². The molecule has 26 heavy (non-hydrogen) atoms. The predicted octanol–water partition coefficient (Wildman–Crippen LogP) is 2.39. The van der Waals surface area contributed by atoms with Crippen molar-refractivity contribution in [3.8, 4) is 0 Å². The first kappa shape index (κ1) is 20.4. The maximum atomic E-state index is 12.4. The number of rotatable bonds is 4. The van der Waals surface area contributed by atoms with E-state index in [2.05, 4.69) is 31.9 Å². The molecular formula is C16H15Br2NO7. The summed E-state index contributed by atoms with van der Waals surface area (Å²) in [5, 5.41) is 0. The molecule has 0 aromatic heterocycles. The van der Waals surface area contributed by atoms with Crippen LogP contribution in [0.3, 0.4) is 0 Å². The highest BCUT2D eigenvalue weighted by molar-refractivity contribution is 9.11. The van der Waals surface area contributed by atoms with Gasteiger partial charge in [0.1, 0.15) is 12.4 Å². The standard InChI is InChI=1S/C16H15Br2NO7/c1-23-14(20)9-4-8(17)5-11(18)12(9)19-7-26-6-10(15(21)24-2)13(19)16(22)25-3/h4-5H,6-7H2,1-3H3. The fraction of sp³-hybridized carbons (Fsp3) is 0.312. The molecule has 1 heterocycles. The van der Waals surface area contributed by atoms with Gasteiger partial charge in [0.2, 0.25) is 0 Å². The highest BCUT2D eigenvalue weighted by Gasteiger charge is 2.35. The van der Waals surface area contributed by atoms with Crippen LogP contribution in [0, 0.1) is 0 Å². The minimum Gasteiger partial charge on any atom is -0.466 e. The van der Waals surface area contributed by atoms with E-state index in [-0.39, 0.29) is 30.2 Å². The van der Waals surface area contributed by atoms with E-state index >= 15 is 0 Å². The second-order valence-corrected chi connectivity index (χ2v) is 6.76. The van der Waals surface area contributed by atoms with E-state index in [1.165, 1.54) is 32.3 Å². The number of nitrogens with zero attached hydrogens (tertiary/aromatic N) is 1. The topological polar surface area (TPSA) is 91.4 Å². The molecule has 1 aliphatic heterocycles. The molecule has 10 heteroatoms. The zero-order valence-corrected chi connectivity index (χ0v) is 17.3. The number of esters is 3. The van der Waals surface area contributed by atoms with Gasteiger partial charge < -0.3 is 23.8 Å². The second-order valence-electron chi connectivity index (χ2n) is 4.99. The molecule has 0 atom stereocenters. The molecule has 140 valence electrons. The van der Waals surface area contributed by atoms with Crippen molar-refractivity contribution in [2.24, 2.45) is 0 Å². The van der Waals surface area contributed by atoms with Crippen LogP contribution in [-0.2, 0) is 28.5 Å². The van der Waals surface area contributed by atoms with E-state index in [0.29, 0.717) is 14.6 Å². The second kappa shape index (κ2) is 8.65. The van der Waals surface area contributed by atoms with Crippen LogP contribution < -0.4 is 4.90 Å². The summed E-state index contributed by atoms with van der Waals surface area (Å²) in [4.78, 5) is 38.1. The van der Waals surface area contributed by atoms with E-state index in [4.69, 9.17) is 18.9 Å². The minimum absolute atomic E-state index is 0.0174. The Hall–Kier alpha value is -1.91. The summed E-state index contributed by atoms with van der Waals surface area (Å²) >= 11 is 6.69. The van der Waals surface area contributed by atoms with Crippen molar-refractivity contribution in [3.05, 3.63) is 37.9 Å². The van der Waals surface area contributed by atoms with Crippen LogP contribution >= 0.6 is 31.9 Å². The van der Waals surface area contributed by atoms with Gasteiger partial charge >= 0.3 is 17.9 Å². The third-order valence-electron chi connectivity index (χ3n) is 3.54. The Morgan fingerprint density at radius 2 is 1.62 bits per heavy atom. The van der Waals surface area contributed by atoms with Crippen molar-refractivity contribution in [1.29, 1.82) is 0 Å². The average Bonchev–Trinajstić information content (AvgIpc) is 2.64. The fourth-order valence-corrected chi connectivity index (χ4v) is 3.87. The summed E-state index contributed by atoms with van der Waals surface area (Å²) in [6.45, 7) is -0.218. The number of hydrogen-bond donors (Lipinski definition) is 0. The number of benzene rings is 1. The zero-order chi connectivity index (χ0) is 19.4. The maximum Gasteiger partial charge on any atom is 0.355 e. The van der Waals surface area contributed by atoms with Gasteiger partial charge in [0.15, 0.2) is 0 Å². The van der Waals surface area contributed by atoms with E-state index in [1.807, 2.05) is 0 Å². The largest absolute Gasteiger partial charge is 0.466 e. The van der Waals surface area contributed by atoms with Gasteiger partial charge in [-0.1, -0.05) is 15.9 Å². The molecule has 0 amide bonds. The maximum absolute atomic E-state index is 12.4. The Balaban J connectivity index is 2.75. The number of methoxy groups -OCH3 is 3. The third kappa shape index (κ3) is 3.92. The molecule has 0 radical (unpaired) electrons. The Morgan fingerprint density at radius 1 is 1.00 bits per heavy atom. The quantitative estimate of drug-likeness (QED) is 0.467. The van der Waals surface area contributed by atoms with E-state index < -0.39 is 17.9 Å². The van der Waals surface area contributed by atoms with Crippen LogP contribution in [0.2, 0.25) is 0 Å². The van der Waals surface area contributed by atoms with Crippen molar-refractivity contribution in [1.82, 2.24) is 0 Å². The van der Waals surface area contributed by atoms with Gasteiger partial charge in [0, 0.05) is 8.95 Å². The number of carbonyl (C=O) groups is 3. The lowest BCUT2D eigenvalue weighted by Crippen LogP contribution is -2.39. The smallest absolute Gasteiger partial charge is 0.355 e. The van der Waals surface area contributed by atoms with Crippen molar-refractivity contribution in [2.75, 3.05) is 39.6 Å². The van der Waals surface area contributed by atoms with Gasteiger partial charge in [-0.05, 0) is 28.1 Å². The monoisotopic (exact) mass is 491 g/mol. The summed E-state index contributed by atoms with van der Waals surface area (Å²) in [5.74, 6) is -2.13. The van der Waals surface area contributed by atoms with Gasteiger partial charge in [-0.15, -0.1) is 0 Å². The number of halogens is 2. The van der Waals surface area contributed by atoms with Gasteiger partial charge in [-0.2, -0.15) is 0 Å². The molecule has 0 saturated carbocycles. The Morgan fingerprint density at radius 3 is 2.19 bits per heavy atom. The number of carbonyl (C=O) groups excluding carboxylic acids is 3. The zero-order valence-electron chi connectivity index (χ0n) is 14.1. The van der Waals surface area contributed by atoms with Crippen molar-refractivity contribution in [3.63, 3.8) is 0 Å². The molecule has 0 saturated heterocycles. The first-order chi connectivity index (χ1) is 12.3. The van der Waals surface area contributed by atoms with Gasteiger partial charge in [0.05, 0.1) is 44.8 Å². The fourth-order valence-electron chi connectivity index (χ4n) is 2.43. The summed E-state index contributed by atoms with van der Waals surface area (Å²) in [5.41, 5.74) is 0.362. The number of hydrogen-bond acceptors (Lipinski definition) is 8. The van der Waals surface area contributed by atoms with Crippen molar-refractivity contribution in [2.45, 2.75) is 0 Å². The Labute approximate surface area is 166 Å². The van der Waals surface area contributed by atoms with Crippen LogP contribution in [0.15, 0.2) is 32.3 Å². The molecular weight excluding hydrogens is 478 g/mol. The molecule has 0 unspecified atom stereocenters. The molecule has 1 aromatic carbocycles. The number of ether oxygens (including phenoxy) is 4. The van der Waals surface area contributed by atoms with Gasteiger partial charge in [-0.3, -0.25) is 0 Å². The molecule has 8 nitrogen and oxygen atoms in total.